The van der Waals surface area contributed by atoms with Crippen LogP contribution in [-0.4, -0.2) is 0 Å². The van der Waals surface area contributed by atoms with E-state index < -0.39 is 7.26 Å². The molecule has 0 fully saturated rings. The molecule has 0 N–H and O–H groups in total. The van der Waals surface area contributed by atoms with Crippen molar-refractivity contribution in [3.05, 3.63) is 137 Å². The van der Waals surface area contributed by atoms with E-state index in [9.17, 15) is 0 Å². The third kappa shape index (κ3) is 4.16. The largest absolute Gasteiger partial charge is 0.144 e. The van der Waals surface area contributed by atoms with Crippen molar-refractivity contribution in [1.29, 1.82) is 0 Å². The zero-order valence-electron chi connectivity index (χ0n) is 17.9. The second-order valence-corrected chi connectivity index (χ2v) is 12.2. The molecule has 0 saturated heterocycles. The van der Waals surface area contributed by atoms with Gasteiger partial charge in [-0.1, -0.05) is 74.4 Å². The highest BCUT2D eigenvalue weighted by atomic mass is 127. The van der Waals surface area contributed by atoms with Crippen LogP contribution in [0.5, 0.6) is 0 Å². The molecule has 0 saturated carbocycles. The van der Waals surface area contributed by atoms with Crippen LogP contribution in [0, 0.1) is 3.57 Å². The van der Waals surface area contributed by atoms with Crippen LogP contribution < -0.4 is 21.2 Å². The van der Waals surface area contributed by atoms with E-state index in [1.165, 1.54) is 24.8 Å². The van der Waals surface area contributed by atoms with Crippen LogP contribution in [-0.2, 0) is 0 Å². The molecule has 0 radical (unpaired) electrons. The van der Waals surface area contributed by atoms with Gasteiger partial charge in [-0.05, 0) is 99.9 Å². The Hall–Kier alpha value is -2.74. The summed E-state index contributed by atoms with van der Waals surface area (Å²) in [6.45, 7) is 11.8. The normalized spacial score (nSPS) is 11.0. The summed E-state index contributed by atoms with van der Waals surface area (Å²) >= 11 is 2.38. The van der Waals surface area contributed by atoms with Gasteiger partial charge in [0.1, 0.15) is 28.5 Å². The number of hydrogen-bond donors (Lipinski definition) is 0. The van der Waals surface area contributed by atoms with E-state index >= 15 is 0 Å². The Morgan fingerprint density at radius 3 is 0.938 bits per heavy atom. The highest BCUT2D eigenvalue weighted by Gasteiger charge is 2.47. The van der Waals surface area contributed by atoms with Crippen molar-refractivity contribution in [3.8, 4) is 0 Å². The molecule has 4 aromatic carbocycles. The third-order valence-electron chi connectivity index (χ3n) is 5.76. The fourth-order valence-corrected chi connectivity index (χ4v) is 8.59. The van der Waals surface area contributed by atoms with Gasteiger partial charge in [-0.2, -0.15) is 0 Å². The predicted octanol–water partition coefficient (Wildman–Crippen LogP) is 6.84. The van der Waals surface area contributed by atoms with Crippen LogP contribution in [0.25, 0.3) is 18.2 Å². The second-order valence-electron chi connectivity index (χ2n) is 7.53. The first kappa shape index (κ1) is 22.5. The summed E-state index contributed by atoms with van der Waals surface area (Å²) in [4.78, 5) is 0. The van der Waals surface area contributed by atoms with Crippen LogP contribution >= 0.6 is 29.9 Å². The minimum atomic E-state index is -2.12. The monoisotopic (exact) mass is 543 g/mol. The van der Waals surface area contributed by atoms with Gasteiger partial charge >= 0.3 is 0 Å². The molecule has 0 atom stereocenters. The predicted molar refractivity (Wildman–Crippen MR) is 154 cm³/mol. The summed E-state index contributed by atoms with van der Waals surface area (Å²) in [6.07, 6.45) is 5.69. The molecule has 0 amide bonds. The molecular formula is C30H25IP+. The number of hydrogen-bond acceptors (Lipinski definition) is 0. The molecule has 0 aliphatic carbocycles. The van der Waals surface area contributed by atoms with Gasteiger partial charge in [0.05, 0.1) is 0 Å². The molecule has 0 aliphatic heterocycles. The van der Waals surface area contributed by atoms with E-state index in [0.717, 1.165) is 16.7 Å². The summed E-state index contributed by atoms with van der Waals surface area (Å²) in [7, 11) is -2.12. The van der Waals surface area contributed by atoms with Crippen molar-refractivity contribution in [2.75, 3.05) is 0 Å². The first-order valence-electron chi connectivity index (χ1n) is 10.5. The van der Waals surface area contributed by atoms with Gasteiger partial charge < -0.3 is 0 Å². The first-order chi connectivity index (χ1) is 15.6. The maximum Gasteiger partial charge on any atom is 0.144 e. The van der Waals surface area contributed by atoms with E-state index in [4.69, 9.17) is 0 Å². The zero-order valence-corrected chi connectivity index (χ0v) is 21.0. The van der Waals surface area contributed by atoms with Crippen molar-refractivity contribution in [1.82, 2.24) is 0 Å². The lowest BCUT2D eigenvalue weighted by molar-refractivity contribution is 1.65. The molecule has 4 aromatic rings. The Kier molecular flexibility index (Phi) is 6.89. The summed E-state index contributed by atoms with van der Waals surface area (Å²) in [6, 6.07) is 35.6. The average Bonchev–Trinajstić information content (AvgIpc) is 2.86. The number of rotatable bonds is 7. The van der Waals surface area contributed by atoms with E-state index in [1.54, 1.807) is 0 Å². The molecular weight excluding hydrogens is 518 g/mol. The van der Waals surface area contributed by atoms with Crippen molar-refractivity contribution in [3.63, 3.8) is 0 Å². The van der Waals surface area contributed by atoms with Crippen molar-refractivity contribution >= 4 is 69.3 Å². The first-order valence-corrected chi connectivity index (χ1v) is 13.3. The van der Waals surface area contributed by atoms with Crippen LogP contribution in [0.4, 0.5) is 0 Å². The highest BCUT2D eigenvalue weighted by molar-refractivity contribution is 14.1. The van der Waals surface area contributed by atoms with Gasteiger partial charge in [0.15, 0.2) is 0 Å². The summed E-state index contributed by atoms with van der Waals surface area (Å²) < 4.78 is 1.23. The molecule has 0 unspecified atom stereocenters. The van der Waals surface area contributed by atoms with Crippen molar-refractivity contribution in [2.24, 2.45) is 0 Å². The van der Waals surface area contributed by atoms with Gasteiger partial charge in [0.25, 0.3) is 0 Å². The molecule has 2 heteroatoms. The molecule has 4 rings (SSSR count). The Labute approximate surface area is 205 Å². The number of benzene rings is 4. The van der Waals surface area contributed by atoms with Crippen LogP contribution in [0.15, 0.2) is 117 Å². The Balaban J connectivity index is 2.09. The quantitative estimate of drug-likeness (QED) is 0.177. The Bertz CT molecular complexity index is 1110. The molecule has 0 aromatic heterocycles. The average molecular weight is 543 g/mol. The van der Waals surface area contributed by atoms with E-state index in [-0.39, 0.29) is 0 Å². The van der Waals surface area contributed by atoms with Gasteiger partial charge in [-0.3, -0.25) is 0 Å². The molecule has 0 aliphatic rings. The molecule has 0 spiro atoms. The van der Waals surface area contributed by atoms with Crippen LogP contribution in [0.3, 0.4) is 0 Å². The van der Waals surface area contributed by atoms with Gasteiger partial charge in [0.2, 0.25) is 0 Å². The SMILES string of the molecule is C=Cc1ccc([P+](c2ccc(I)cc2)(c2ccc(C=C)cc2)c2ccc(C=C)cc2)cc1. The van der Waals surface area contributed by atoms with E-state index in [2.05, 4.69) is 139 Å². The Morgan fingerprint density at radius 2 is 0.688 bits per heavy atom. The Morgan fingerprint density at radius 1 is 0.438 bits per heavy atom. The maximum atomic E-state index is 3.93. The maximum absolute atomic E-state index is 3.93. The fraction of sp³-hybridized carbons (Fsp3) is 0. The lowest BCUT2D eigenvalue weighted by atomic mass is 10.2. The summed E-state index contributed by atoms with van der Waals surface area (Å²) in [5, 5.41) is 5.30. The molecule has 0 heterocycles. The minimum Gasteiger partial charge on any atom is -0.0985 e. The minimum absolute atomic E-state index is 1.12. The molecule has 0 nitrogen and oxygen atoms in total. The van der Waals surface area contributed by atoms with Crippen LogP contribution in [0.1, 0.15) is 16.7 Å². The molecule has 0 bridgehead atoms. The molecule has 156 valence electrons. The lowest BCUT2D eigenvalue weighted by Crippen LogP contribution is -2.38. The zero-order chi connectivity index (χ0) is 22.6. The third-order valence-corrected chi connectivity index (χ3v) is 10.8. The van der Waals surface area contributed by atoms with E-state index in [0.29, 0.717) is 0 Å². The van der Waals surface area contributed by atoms with Gasteiger partial charge in [-0.15, -0.1) is 0 Å². The van der Waals surface area contributed by atoms with E-state index in [1.807, 2.05) is 18.2 Å². The fourth-order valence-electron chi connectivity index (χ4n) is 4.06. The summed E-state index contributed by atoms with van der Waals surface area (Å²) in [5.41, 5.74) is 3.37. The lowest BCUT2D eigenvalue weighted by Gasteiger charge is -2.28. The van der Waals surface area contributed by atoms with Crippen molar-refractivity contribution < 1.29 is 0 Å². The van der Waals surface area contributed by atoms with Crippen LogP contribution in [0.2, 0.25) is 0 Å². The smallest absolute Gasteiger partial charge is 0.0985 e. The van der Waals surface area contributed by atoms with Gasteiger partial charge in [0, 0.05) is 3.57 Å². The second kappa shape index (κ2) is 9.81. The highest BCUT2D eigenvalue weighted by Crippen LogP contribution is 2.54. The summed E-state index contributed by atoms with van der Waals surface area (Å²) in [5.74, 6) is 0. The van der Waals surface area contributed by atoms with Gasteiger partial charge in [-0.25, -0.2) is 0 Å². The topological polar surface area (TPSA) is 0 Å². The number of halogens is 1. The molecule has 32 heavy (non-hydrogen) atoms. The van der Waals surface area contributed by atoms with Crippen molar-refractivity contribution in [2.45, 2.75) is 0 Å². The standard InChI is InChI=1S/C30H25IP/c1-4-23-7-15-27(16-8-23)32(30-21-13-26(31)14-22-30,28-17-9-24(5-2)10-18-28)29-19-11-25(6-3)12-20-29/h4-22H,1-3H2/q+1.